The van der Waals surface area contributed by atoms with Crippen LogP contribution in [0.1, 0.15) is 39.0 Å². The highest BCUT2D eigenvalue weighted by molar-refractivity contribution is 6.32. The maximum atomic E-state index is 10.9. The van der Waals surface area contributed by atoms with E-state index in [-0.39, 0.29) is 10.7 Å². The van der Waals surface area contributed by atoms with Gasteiger partial charge in [0.15, 0.2) is 0 Å². The zero-order chi connectivity index (χ0) is 13.8. The lowest BCUT2D eigenvalue weighted by Crippen LogP contribution is -2.31. The molecule has 1 aliphatic carbocycles. The number of nitrogens with zero attached hydrogens (tertiary/aromatic N) is 1. The van der Waals surface area contributed by atoms with E-state index in [1.165, 1.54) is 25.3 Å². The van der Waals surface area contributed by atoms with Gasteiger partial charge in [0.2, 0.25) is 0 Å². The number of nitrogens with one attached hydrogen (secondary N) is 1. The van der Waals surface area contributed by atoms with Crippen molar-refractivity contribution >= 4 is 23.0 Å². The van der Waals surface area contributed by atoms with Crippen LogP contribution in [0.3, 0.4) is 0 Å². The Morgan fingerprint density at radius 2 is 2.16 bits per heavy atom. The molecule has 1 saturated carbocycles. The molecule has 2 atom stereocenters. The lowest BCUT2D eigenvalue weighted by Gasteiger charge is -2.32. The highest BCUT2D eigenvalue weighted by Gasteiger charge is 2.24. The van der Waals surface area contributed by atoms with E-state index in [0.717, 1.165) is 18.5 Å². The summed E-state index contributed by atoms with van der Waals surface area (Å²) in [5.74, 6) is 0.656. The number of rotatable bonds is 4. The Hall–Kier alpha value is -1.29. The second-order valence-corrected chi connectivity index (χ2v) is 5.53. The third kappa shape index (κ3) is 3.38. The van der Waals surface area contributed by atoms with Crippen LogP contribution in [0.2, 0.25) is 5.02 Å². The number of nitro benzene ring substituents is 1. The SMILES string of the molecule is CCC1CCCCC1Nc1ccc(Cl)c([N+](=O)[O-])c1. The summed E-state index contributed by atoms with van der Waals surface area (Å²) in [6, 6.07) is 5.35. The van der Waals surface area contributed by atoms with Gasteiger partial charge in [0.05, 0.1) is 4.92 Å². The molecule has 0 amide bonds. The Balaban J connectivity index is 2.14. The highest BCUT2D eigenvalue weighted by atomic mass is 35.5. The summed E-state index contributed by atoms with van der Waals surface area (Å²) in [6.07, 6.45) is 6.04. The first-order valence-electron chi connectivity index (χ1n) is 6.82. The summed E-state index contributed by atoms with van der Waals surface area (Å²) >= 11 is 5.82. The van der Waals surface area contributed by atoms with Crippen LogP contribution < -0.4 is 5.32 Å². The Morgan fingerprint density at radius 3 is 2.84 bits per heavy atom. The number of anilines is 1. The predicted molar refractivity (Wildman–Crippen MR) is 77.8 cm³/mol. The van der Waals surface area contributed by atoms with Crippen LogP contribution in [-0.2, 0) is 0 Å². The van der Waals surface area contributed by atoms with Gasteiger partial charge >= 0.3 is 0 Å². The van der Waals surface area contributed by atoms with E-state index in [9.17, 15) is 10.1 Å². The molecule has 0 aliphatic heterocycles. The van der Waals surface area contributed by atoms with E-state index in [1.807, 2.05) is 6.07 Å². The van der Waals surface area contributed by atoms with Gasteiger partial charge in [0.25, 0.3) is 5.69 Å². The normalized spacial score (nSPS) is 23.1. The van der Waals surface area contributed by atoms with Crippen LogP contribution in [-0.4, -0.2) is 11.0 Å². The summed E-state index contributed by atoms with van der Waals surface area (Å²) in [5.41, 5.74) is 0.761. The largest absolute Gasteiger partial charge is 0.382 e. The molecular formula is C14H19ClN2O2. The molecule has 0 aromatic heterocycles. The van der Waals surface area contributed by atoms with Crippen molar-refractivity contribution in [1.82, 2.24) is 0 Å². The lowest BCUT2D eigenvalue weighted by molar-refractivity contribution is -0.384. The van der Waals surface area contributed by atoms with E-state index in [0.29, 0.717) is 12.0 Å². The second kappa shape index (κ2) is 6.24. The molecule has 1 N–H and O–H groups in total. The molecule has 0 heterocycles. The molecule has 1 aromatic rings. The van der Waals surface area contributed by atoms with E-state index < -0.39 is 4.92 Å². The van der Waals surface area contributed by atoms with Crippen molar-refractivity contribution in [1.29, 1.82) is 0 Å². The second-order valence-electron chi connectivity index (χ2n) is 5.13. The van der Waals surface area contributed by atoms with E-state index in [2.05, 4.69) is 12.2 Å². The predicted octanol–water partition coefficient (Wildman–Crippen LogP) is 4.63. The summed E-state index contributed by atoms with van der Waals surface area (Å²) in [4.78, 5) is 10.4. The zero-order valence-electron chi connectivity index (χ0n) is 11.1. The van der Waals surface area contributed by atoms with Gasteiger partial charge in [0, 0.05) is 17.8 Å². The fourth-order valence-corrected chi connectivity index (χ4v) is 3.03. The van der Waals surface area contributed by atoms with Gasteiger partial charge in [-0.2, -0.15) is 0 Å². The van der Waals surface area contributed by atoms with Crippen LogP contribution in [0.5, 0.6) is 0 Å². The van der Waals surface area contributed by atoms with Crippen LogP contribution >= 0.6 is 11.6 Å². The maximum Gasteiger partial charge on any atom is 0.289 e. The topological polar surface area (TPSA) is 55.2 Å². The quantitative estimate of drug-likeness (QED) is 0.647. The van der Waals surface area contributed by atoms with Gasteiger partial charge in [0.1, 0.15) is 5.02 Å². The van der Waals surface area contributed by atoms with E-state index >= 15 is 0 Å². The third-order valence-electron chi connectivity index (χ3n) is 3.93. The zero-order valence-corrected chi connectivity index (χ0v) is 11.8. The molecule has 0 bridgehead atoms. The smallest absolute Gasteiger partial charge is 0.289 e. The minimum absolute atomic E-state index is 0.0319. The van der Waals surface area contributed by atoms with Gasteiger partial charge in [-0.3, -0.25) is 10.1 Å². The summed E-state index contributed by atoms with van der Waals surface area (Å²) < 4.78 is 0. The molecule has 1 aliphatic rings. The minimum atomic E-state index is -0.439. The van der Waals surface area contributed by atoms with Gasteiger partial charge in [-0.1, -0.05) is 37.8 Å². The molecule has 1 aromatic carbocycles. The highest BCUT2D eigenvalue weighted by Crippen LogP contribution is 2.32. The van der Waals surface area contributed by atoms with Gasteiger partial charge in [-0.05, 0) is 30.9 Å². The molecule has 0 radical (unpaired) electrons. The monoisotopic (exact) mass is 282 g/mol. The van der Waals surface area contributed by atoms with Gasteiger partial charge < -0.3 is 5.32 Å². The average Bonchev–Trinajstić information content (AvgIpc) is 2.41. The molecule has 4 nitrogen and oxygen atoms in total. The van der Waals surface area contributed by atoms with Gasteiger partial charge in [-0.25, -0.2) is 0 Å². The van der Waals surface area contributed by atoms with E-state index in [1.54, 1.807) is 6.07 Å². The first kappa shape index (κ1) is 14.1. The summed E-state index contributed by atoms with van der Waals surface area (Å²) in [5, 5.41) is 14.5. The minimum Gasteiger partial charge on any atom is -0.382 e. The van der Waals surface area contributed by atoms with Crippen molar-refractivity contribution in [3.05, 3.63) is 33.3 Å². The molecule has 1 fully saturated rings. The van der Waals surface area contributed by atoms with E-state index in [4.69, 9.17) is 11.6 Å². The van der Waals surface area contributed by atoms with Gasteiger partial charge in [-0.15, -0.1) is 0 Å². The third-order valence-corrected chi connectivity index (χ3v) is 4.25. The molecule has 104 valence electrons. The van der Waals surface area contributed by atoms with Crippen LogP contribution in [0.4, 0.5) is 11.4 Å². The fourth-order valence-electron chi connectivity index (χ4n) is 2.84. The first-order chi connectivity index (χ1) is 9.11. The molecule has 5 heteroatoms. The number of hydrogen-bond donors (Lipinski definition) is 1. The average molecular weight is 283 g/mol. The van der Waals surface area contributed by atoms with Crippen molar-refractivity contribution in [2.75, 3.05) is 5.32 Å². The number of nitro groups is 1. The lowest BCUT2D eigenvalue weighted by atomic mass is 9.83. The molecule has 2 unspecified atom stereocenters. The summed E-state index contributed by atoms with van der Waals surface area (Å²) in [6.45, 7) is 2.20. The Kier molecular flexibility index (Phi) is 4.64. The van der Waals surface area contributed by atoms with Crippen molar-refractivity contribution < 1.29 is 4.92 Å². The number of halogens is 1. The molecule has 2 rings (SSSR count). The van der Waals surface area contributed by atoms with Crippen molar-refractivity contribution in [3.8, 4) is 0 Å². The Morgan fingerprint density at radius 1 is 1.42 bits per heavy atom. The molecule has 0 saturated heterocycles. The van der Waals surface area contributed by atoms with Crippen LogP contribution in [0.25, 0.3) is 0 Å². The van der Waals surface area contributed by atoms with Crippen molar-refractivity contribution in [3.63, 3.8) is 0 Å². The molecule has 19 heavy (non-hydrogen) atoms. The molecule has 0 spiro atoms. The Bertz CT molecular complexity index is 465. The van der Waals surface area contributed by atoms with Crippen molar-refractivity contribution in [2.24, 2.45) is 5.92 Å². The van der Waals surface area contributed by atoms with Crippen LogP contribution in [0.15, 0.2) is 18.2 Å². The number of benzene rings is 1. The number of hydrogen-bond acceptors (Lipinski definition) is 3. The standard InChI is InChI=1S/C14H19ClN2O2/c1-2-10-5-3-4-6-13(10)16-11-7-8-12(15)14(9-11)17(18)19/h7-10,13,16H,2-6H2,1H3. The van der Waals surface area contributed by atoms with Crippen molar-refractivity contribution in [2.45, 2.75) is 45.1 Å². The first-order valence-corrected chi connectivity index (χ1v) is 7.20. The maximum absolute atomic E-state index is 10.9. The summed E-state index contributed by atoms with van der Waals surface area (Å²) in [7, 11) is 0. The van der Waals surface area contributed by atoms with Crippen LogP contribution in [0, 0.1) is 16.0 Å². The molecular weight excluding hydrogens is 264 g/mol. The Labute approximate surface area is 118 Å². The fraction of sp³-hybridized carbons (Fsp3) is 0.571.